The van der Waals surface area contributed by atoms with Gasteiger partial charge < -0.3 is 20.1 Å². The van der Waals surface area contributed by atoms with Gasteiger partial charge in [0.15, 0.2) is 11.5 Å². The van der Waals surface area contributed by atoms with Crippen molar-refractivity contribution in [2.45, 2.75) is 26.2 Å². The minimum atomic E-state index is 0.653. The van der Waals surface area contributed by atoms with Gasteiger partial charge in [0.2, 0.25) is 0 Å². The lowest BCUT2D eigenvalue weighted by Gasteiger charge is -2.37. The van der Waals surface area contributed by atoms with E-state index >= 15 is 0 Å². The van der Waals surface area contributed by atoms with Crippen LogP contribution in [-0.4, -0.2) is 38.8 Å². The molecule has 1 saturated heterocycles. The van der Waals surface area contributed by atoms with E-state index < -0.39 is 0 Å². The molecule has 2 heterocycles. The van der Waals surface area contributed by atoms with Gasteiger partial charge in [0.1, 0.15) is 0 Å². The Morgan fingerprint density at radius 3 is 2.48 bits per heavy atom. The third kappa shape index (κ3) is 3.52. The van der Waals surface area contributed by atoms with Gasteiger partial charge in [-0.3, -0.25) is 4.98 Å². The van der Waals surface area contributed by atoms with Crippen molar-refractivity contribution in [3.05, 3.63) is 24.4 Å². The Hall–Kier alpha value is -2.01. The van der Waals surface area contributed by atoms with Crippen molar-refractivity contribution in [3.63, 3.8) is 0 Å². The lowest BCUT2D eigenvalue weighted by molar-refractivity contribution is 0.273. The first-order valence-electron chi connectivity index (χ1n) is 9.17. The summed E-state index contributed by atoms with van der Waals surface area (Å²) in [6.07, 6.45) is 5.46. The molecule has 136 valence electrons. The van der Waals surface area contributed by atoms with Crippen LogP contribution in [0.25, 0.3) is 10.9 Å². The van der Waals surface area contributed by atoms with Crippen molar-refractivity contribution < 1.29 is 9.47 Å². The highest BCUT2D eigenvalue weighted by Crippen LogP contribution is 2.37. The van der Waals surface area contributed by atoms with Crippen molar-refractivity contribution in [2.24, 2.45) is 17.6 Å². The summed E-state index contributed by atoms with van der Waals surface area (Å²) >= 11 is 0. The van der Waals surface area contributed by atoms with Gasteiger partial charge >= 0.3 is 0 Å². The summed E-state index contributed by atoms with van der Waals surface area (Å²) < 4.78 is 10.9. The van der Waals surface area contributed by atoms with Crippen molar-refractivity contribution in [3.8, 4) is 11.5 Å². The van der Waals surface area contributed by atoms with Crippen LogP contribution in [0.3, 0.4) is 0 Å². The molecule has 1 fully saturated rings. The number of fused-ring (bicyclic) bond motifs is 1. The second-order valence-electron chi connectivity index (χ2n) is 6.78. The van der Waals surface area contributed by atoms with E-state index in [2.05, 4.69) is 22.9 Å². The summed E-state index contributed by atoms with van der Waals surface area (Å²) in [5.41, 5.74) is 8.11. The van der Waals surface area contributed by atoms with Crippen LogP contribution in [0.2, 0.25) is 0 Å². The van der Waals surface area contributed by atoms with E-state index in [1.165, 1.54) is 24.9 Å². The van der Waals surface area contributed by atoms with Gasteiger partial charge in [0.05, 0.1) is 19.7 Å². The summed E-state index contributed by atoms with van der Waals surface area (Å²) in [6.45, 7) is 5.18. The number of ether oxygens (including phenoxy) is 2. The predicted molar refractivity (Wildman–Crippen MR) is 103 cm³/mol. The van der Waals surface area contributed by atoms with E-state index in [1.54, 1.807) is 14.2 Å². The third-order valence-electron chi connectivity index (χ3n) is 5.60. The molecule has 0 amide bonds. The van der Waals surface area contributed by atoms with Crippen LogP contribution < -0.4 is 20.1 Å². The van der Waals surface area contributed by atoms with Crippen LogP contribution in [0.1, 0.15) is 26.2 Å². The zero-order chi connectivity index (χ0) is 17.8. The third-order valence-corrected chi connectivity index (χ3v) is 5.60. The molecule has 3 rings (SSSR count). The number of nitrogens with two attached hydrogens (primary N) is 1. The Morgan fingerprint density at radius 1 is 1.20 bits per heavy atom. The zero-order valence-electron chi connectivity index (χ0n) is 15.5. The number of methoxy groups -OCH3 is 2. The maximum absolute atomic E-state index is 5.95. The molecule has 5 heteroatoms. The summed E-state index contributed by atoms with van der Waals surface area (Å²) in [5, 5.41) is 1.12. The number of anilines is 1. The van der Waals surface area contributed by atoms with Gasteiger partial charge in [-0.1, -0.05) is 13.3 Å². The fourth-order valence-corrected chi connectivity index (χ4v) is 4.04. The number of pyridine rings is 1. The van der Waals surface area contributed by atoms with Crippen LogP contribution >= 0.6 is 0 Å². The highest BCUT2D eigenvalue weighted by molar-refractivity contribution is 5.94. The highest BCUT2D eigenvalue weighted by atomic mass is 16.5. The molecule has 1 aromatic carbocycles. The molecule has 1 aromatic heterocycles. The smallest absolute Gasteiger partial charge is 0.162 e. The average Bonchev–Trinajstić information content (AvgIpc) is 2.68. The van der Waals surface area contributed by atoms with E-state index in [-0.39, 0.29) is 0 Å². The maximum Gasteiger partial charge on any atom is 0.162 e. The van der Waals surface area contributed by atoms with Gasteiger partial charge in [-0.05, 0) is 43.4 Å². The number of piperidine rings is 1. The van der Waals surface area contributed by atoms with E-state index in [0.717, 1.165) is 42.2 Å². The summed E-state index contributed by atoms with van der Waals surface area (Å²) in [6, 6.07) is 6.10. The minimum Gasteiger partial charge on any atom is -0.493 e. The Kier molecular flexibility index (Phi) is 5.63. The molecule has 25 heavy (non-hydrogen) atoms. The summed E-state index contributed by atoms with van der Waals surface area (Å²) in [5.74, 6) is 2.86. The lowest BCUT2D eigenvalue weighted by Crippen LogP contribution is -2.37. The van der Waals surface area contributed by atoms with Crippen molar-refractivity contribution >= 4 is 16.6 Å². The molecule has 1 atom stereocenters. The van der Waals surface area contributed by atoms with Crippen molar-refractivity contribution in [1.29, 1.82) is 0 Å². The molecule has 1 aliphatic heterocycles. The van der Waals surface area contributed by atoms with Crippen LogP contribution in [0.4, 0.5) is 5.69 Å². The Bertz CT molecular complexity index is 707. The number of hydrogen-bond acceptors (Lipinski definition) is 5. The molecule has 2 N–H and O–H groups in total. The van der Waals surface area contributed by atoms with Gasteiger partial charge in [-0.25, -0.2) is 0 Å². The van der Waals surface area contributed by atoms with E-state index in [1.807, 2.05) is 18.3 Å². The first kappa shape index (κ1) is 17.8. The standard InChI is InChI=1S/C20H29N3O2/c1-4-14(13-21)15-6-9-23(10-7-15)18-5-8-22-17-12-20(25-3)19(24-2)11-16(17)18/h5,8,11-12,14-15H,4,6-7,9-10,13,21H2,1-3H3. The monoisotopic (exact) mass is 343 g/mol. The molecule has 1 unspecified atom stereocenters. The van der Waals surface area contributed by atoms with Crippen LogP contribution in [0.5, 0.6) is 11.5 Å². The maximum atomic E-state index is 5.95. The molecule has 0 saturated carbocycles. The van der Waals surface area contributed by atoms with Crippen molar-refractivity contribution in [2.75, 3.05) is 38.8 Å². The largest absolute Gasteiger partial charge is 0.493 e. The fourth-order valence-electron chi connectivity index (χ4n) is 4.04. The summed E-state index contributed by atoms with van der Waals surface area (Å²) in [4.78, 5) is 6.98. The van der Waals surface area contributed by atoms with Crippen LogP contribution in [0.15, 0.2) is 24.4 Å². The Balaban J connectivity index is 1.87. The molecule has 0 spiro atoms. The van der Waals surface area contributed by atoms with Gasteiger partial charge in [-0.15, -0.1) is 0 Å². The number of rotatable bonds is 6. The highest BCUT2D eigenvalue weighted by Gasteiger charge is 2.25. The Morgan fingerprint density at radius 2 is 1.88 bits per heavy atom. The molecule has 0 radical (unpaired) electrons. The van der Waals surface area contributed by atoms with Gasteiger partial charge in [0.25, 0.3) is 0 Å². The SMILES string of the molecule is CCC(CN)C1CCN(c2ccnc3cc(OC)c(OC)cc23)CC1. The molecule has 0 aliphatic carbocycles. The number of hydrogen-bond donors (Lipinski definition) is 1. The fraction of sp³-hybridized carbons (Fsp3) is 0.550. The van der Waals surface area contributed by atoms with Crippen LogP contribution in [0, 0.1) is 11.8 Å². The topological polar surface area (TPSA) is 60.6 Å². The second kappa shape index (κ2) is 7.91. The predicted octanol–water partition coefficient (Wildman–Crippen LogP) is 3.45. The number of benzene rings is 1. The minimum absolute atomic E-state index is 0.653. The molecular weight excluding hydrogens is 314 g/mol. The Labute approximate surface area is 150 Å². The molecule has 5 nitrogen and oxygen atoms in total. The lowest BCUT2D eigenvalue weighted by atomic mass is 9.82. The van der Waals surface area contributed by atoms with E-state index in [0.29, 0.717) is 11.7 Å². The first-order chi connectivity index (χ1) is 12.2. The summed E-state index contributed by atoms with van der Waals surface area (Å²) in [7, 11) is 3.32. The normalized spacial score (nSPS) is 16.9. The van der Waals surface area contributed by atoms with Crippen molar-refractivity contribution in [1.82, 2.24) is 4.98 Å². The molecule has 1 aliphatic rings. The van der Waals surface area contributed by atoms with E-state index in [9.17, 15) is 0 Å². The molecule has 2 aromatic rings. The number of nitrogens with zero attached hydrogens (tertiary/aromatic N) is 2. The average molecular weight is 343 g/mol. The van der Waals surface area contributed by atoms with Gasteiger partial charge in [-0.2, -0.15) is 0 Å². The number of aromatic nitrogens is 1. The quantitative estimate of drug-likeness (QED) is 0.870. The van der Waals surface area contributed by atoms with Crippen LogP contribution in [-0.2, 0) is 0 Å². The molecule has 0 bridgehead atoms. The first-order valence-corrected chi connectivity index (χ1v) is 9.17. The van der Waals surface area contributed by atoms with Gasteiger partial charge in [0, 0.05) is 36.4 Å². The van der Waals surface area contributed by atoms with E-state index in [4.69, 9.17) is 15.2 Å². The zero-order valence-corrected chi connectivity index (χ0v) is 15.5. The molecular formula is C20H29N3O2. The second-order valence-corrected chi connectivity index (χ2v) is 6.78.